The molecule has 0 aliphatic carbocycles. The molecule has 3 fully saturated rings. The Morgan fingerprint density at radius 1 is 0.526 bits per heavy atom. The van der Waals surface area contributed by atoms with E-state index in [0.29, 0.717) is 88.8 Å². The topological polar surface area (TPSA) is 249 Å². The molecule has 4 N–H and O–H groups in total. The number of carbonyl (C=O) groups excluding carboxylic acids is 4. The molecular weight excluding hydrogens is 1560 g/mol. The first-order chi connectivity index (χ1) is 53.1. The molecule has 4 heterocycles. The number of rotatable bonds is 33. The number of nitrogens with zero attached hydrogens (tertiary/aromatic N) is 1. The van der Waals surface area contributed by atoms with Crippen LogP contribution in [-0.4, -0.2) is 149 Å². The van der Waals surface area contributed by atoms with Gasteiger partial charge in [0.25, 0.3) is 0 Å². The zero-order valence-corrected chi connectivity index (χ0v) is 82.7. The fourth-order valence-electron chi connectivity index (χ4n) is 13.0. The smallest absolute Gasteiger partial charge is 0.340 e. The molecule has 2 aromatic carbocycles. The number of anilines is 2. The number of nitrogens with two attached hydrogens (primary N) is 1. The Morgan fingerprint density at radius 2 is 0.871 bits per heavy atom. The number of aryl methyl sites for hydroxylation is 5. The van der Waals surface area contributed by atoms with Crippen molar-refractivity contribution in [1.82, 2.24) is 4.98 Å². The Labute approximate surface area is 712 Å². The van der Waals surface area contributed by atoms with Crippen LogP contribution in [0.15, 0.2) is 72.9 Å². The molecule has 5 unspecified atom stereocenters. The summed E-state index contributed by atoms with van der Waals surface area (Å²) in [5, 5.41) is 11.6. The predicted octanol–water partition coefficient (Wildman–Crippen LogP) is 22.5. The van der Waals surface area contributed by atoms with Crippen LogP contribution in [-0.2, 0) is 72.2 Å². The lowest BCUT2D eigenvalue weighted by molar-refractivity contribution is -0.154. The van der Waals surface area contributed by atoms with E-state index >= 15 is 0 Å². The maximum absolute atomic E-state index is 13.2. The van der Waals surface area contributed by atoms with Gasteiger partial charge in [0.05, 0.1) is 85.9 Å². The van der Waals surface area contributed by atoms with Gasteiger partial charge >= 0.3 is 17.9 Å². The molecule has 0 saturated carbocycles. The quantitative estimate of drug-likeness (QED) is 0.0128. The zero-order valence-electron chi connectivity index (χ0n) is 77.9. The van der Waals surface area contributed by atoms with Gasteiger partial charge in [-0.15, -0.1) is 0 Å². The van der Waals surface area contributed by atoms with Crippen molar-refractivity contribution in [2.75, 3.05) is 50.8 Å². The second-order valence-corrected chi connectivity index (χ2v) is 52.7. The van der Waals surface area contributed by atoms with E-state index in [0.717, 1.165) is 46.7 Å². The van der Waals surface area contributed by atoms with E-state index < -0.39 is 57.7 Å². The van der Waals surface area contributed by atoms with Crippen LogP contribution in [0.3, 0.4) is 0 Å². The first kappa shape index (κ1) is 107. The second-order valence-electron chi connectivity index (χ2n) is 38.8. The number of hydrogen-bond donors (Lipinski definition) is 3. The van der Waals surface area contributed by atoms with Gasteiger partial charge < -0.3 is 63.1 Å². The molecule has 0 bridgehead atoms. The fourth-order valence-corrected chi connectivity index (χ4v) is 16.2. The normalized spacial score (nSPS) is 21.5. The number of amides is 1. The van der Waals surface area contributed by atoms with Crippen molar-refractivity contribution in [2.45, 2.75) is 322 Å². The van der Waals surface area contributed by atoms with Crippen molar-refractivity contribution < 1.29 is 76.0 Å². The lowest BCUT2D eigenvalue weighted by Gasteiger charge is -2.24. The van der Waals surface area contributed by atoms with Gasteiger partial charge in [-0.2, -0.15) is 0 Å². The molecule has 0 spiro atoms. The van der Waals surface area contributed by atoms with Crippen LogP contribution in [0.5, 0.6) is 0 Å². The maximum atomic E-state index is 13.2. The van der Waals surface area contributed by atoms with E-state index in [1.54, 1.807) is 14.2 Å². The number of nitrogen functional groups attached to an aromatic ring is 1. The maximum Gasteiger partial charge on any atom is 0.340 e. The molecule has 19 nitrogen and oxygen atoms in total. The lowest BCUT2D eigenvalue weighted by Crippen LogP contribution is -2.32. The summed E-state index contributed by atoms with van der Waals surface area (Å²) in [4.78, 5) is 65.3. The Balaban J connectivity index is 0.000000510. The molecule has 116 heavy (non-hydrogen) atoms. The van der Waals surface area contributed by atoms with Crippen molar-refractivity contribution in [2.24, 2.45) is 53.3 Å². The number of carboxylic acids is 1. The summed E-state index contributed by atoms with van der Waals surface area (Å²) in [5.74, 6) is -0.618. The highest BCUT2D eigenvalue weighted by Gasteiger charge is 2.47. The number of hydrogen-bond acceptors (Lipinski definition) is 17. The third-order valence-electron chi connectivity index (χ3n) is 20.8. The molecule has 3 aliphatic rings. The fraction of sp³-hybridized carbons (Fsp3) is 0.696. The summed E-state index contributed by atoms with van der Waals surface area (Å²) in [6.07, 6.45) is 13.7. The molecule has 1 aromatic heterocycles. The van der Waals surface area contributed by atoms with Gasteiger partial charge in [-0.05, 0) is 200 Å². The Bertz CT molecular complexity index is 3540. The van der Waals surface area contributed by atoms with E-state index in [9.17, 15) is 24.0 Å². The minimum atomic E-state index is -1.33. The summed E-state index contributed by atoms with van der Waals surface area (Å²) < 4.78 is 57.1. The standard InChI is InChI=1S/C30H49NO5Si.C17H30ClO4P.C17H31O5P.C14H23NO2Si.C14H23N/c1-19(2)21(4)12-13-22(5)28-25(35-30(7,8)36-28)18-26(32)31-24-17-20(3)16-23(6)27(24)29(33)34-14-15-37(9,10)11;2*1-11(13(3)10-23-20-6)7-8-12(2)16-14(9-15(18)19)21-17(4,5)22-16;1-10-8-11(2)13(12(15)9-10)14(16)17-6-7-18(3,4)5;1-10-8-11(13(2,3)4)15-12(9-10)14(5,6)7/h12-13,16-17,19,21-22,25,28H,14-15,18H2,1-11H3,(H,31,32);7-8,11-14,16,23H,9-10H2,1-6H3;7-8,11-14,16,23H,9-10H2,1-6H3,(H,18,19);8-9H,6-7,15H2,1-5H3;8-9H,1-7H3/b13-12-;2*8-7-;;/t21-,22?,25+,28-;2*11-,12?,13+,14+,16-;;/m111../s1. The summed E-state index contributed by atoms with van der Waals surface area (Å²) in [5.41, 5.74) is 15.4. The Morgan fingerprint density at radius 3 is 1.22 bits per heavy atom. The molecule has 16 atom stereocenters. The zero-order chi connectivity index (χ0) is 89.1. The van der Waals surface area contributed by atoms with E-state index in [4.69, 9.17) is 74.4 Å². The second kappa shape index (κ2) is 48.3. The van der Waals surface area contributed by atoms with Gasteiger partial charge in [-0.3, -0.25) is 19.4 Å². The number of ether oxygens (including phenoxy) is 8. The lowest BCUT2D eigenvalue weighted by atomic mass is 9.87. The summed E-state index contributed by atoms with van der Waals surface area (Å²) in [6.45, 7) is 70.3. The van der Waals surface area contributed by atoms with Gasteiger partial charge in [0, 0.05) is 93.6 Å². The SMILES string of the molecule is COPC[C@H](C)[C@H](C)/C=C\C(C)[C@H]1OC(C)(C)O[C@H]1CC(=O)Cl.COPC[C@H](C)[C@H](C)/C=C\C(C)[C@H]1OC(C)(C)O[C@H]1CC(=O)O.Cc1cc(C(C)(C)C)nc(C(C)(C)C)c1.Cc1cc(C)c(C(=O)OCC[Si](C)(C)C)c(N)c1.Cc1cc(C)c(C(=O)OCC[Si](C)(C)C)c(NC(=O)C[C@@H]2OC(C)(C)O[C@@H]2C(C)/C=C\[C@@H](C)C(C)C)c1. The number of aromatic nitrogens is 1. The average Bonchev–Trinajstić information content (AvgIpc) is 1.80. The van der Waals surface area contributed by atoms with Crippen LogP contribution in [0.25, 0.3) is 0 Å². The molecule has 24 heteroatoms. The largest absolute Gasteiger partial charge is 0.481 e. The van der Waals surface area contributed by atoms with Crippen LogP contribution in [0.1, 0.15) is 232 Å². The molecule has 3 aliphatic heterocycles. The van der Waals surface area contributed by atoms with Gasteiger partial charge in [0.2, 0.25) is 11.1 Å². The molecule has 660 valence electrons. The summed E-state index contributed by atoms with van der Waals surface area (Å²) in [6, 6.07) is 13.8. The van der Waals surface area contributed by atoms with Gasteiger partial charge in [0.1, 0.15) is 0 Å². The number of nitrogens with one attached hydrogen (secondary N) is 1. The van der Waals surface area contributed by atoms with Crippen LogP contribution >= 0.6 is 29.2 Å². The first-order valence-corrected chi connectivity index (χ1v) is 51.8. The third-order valence-corrected chi connectivity index (χ3v) is 26.6. The molecule has 3 aromatic rings. The van der Waals surface area contributed by atoms with E-state index in [1.807, 2.05) is 93.5 Å². The van der Waals surface area contributed by atoms with Gasteiger partial charge in [-0.25, -0.2) is 9.59 Å². The van der Waals surface area contributed by atoms with Crippen molar-refractivity contribution in [1.29, 1.82) is 0 Å². The number of halogens is 1. The number of benzene rings is 2. The number of carbonyl (C=O) groups is 5. The highest BCUT2D eigenvalue weighted by Crippen LogP contribution is 2.39. The molecular formula is C92H156ClN3O16P2Si2. The average molecular weight is 1710 g/mol. The number of esters is 2. The number of carboxylic acid groups (broad SMARTS) is 1. The van der Waals surface area contributed by atoms with Crippen LogP contribution in [0, 0.1) is 87.9 Å². The van der Waals surface area contributed by atoms with Crippen molar-refractivity contribution in [3.63, 3.8) is 0 Å². The van der Waals surface area contributed by atoms with E-state index in [1.165, 1.54) is 17.0 Å². The highest BCUT2D eigenvalue weighted by atomic mass is 35.5. The minimum Gasteiger partial charge on any atom is -0.481 e. The van der Waals surface area contributed by atoms with Crippen LogP contribution in [0.4, 0.5) is 11.4 Å². The highest BCUT2D eigenvalue weighted by molar-refractivity contribution is 7.32. The van der Waals surface area contributed by atoms with Crippen molar-refractivity contribution >= 4 is 85.8 Å². The first-order valence-electron chi connectivity index (χ1n) is 41.8. The summed E-state index contributed by atoms with van der Waals surface area (Å²) >= 11 is 5.53. The Kier molecular flexibility index (Phi) is 44.8. The van der Waals surface area contributed by atoms with E-state index in [-0.39, 0.29) is 89.4 Å². The molecule has 0 radical (unpaired) electrons. The van der Waals surface area contributed by atoms with E-state index in [2.05, 4.69) is 211 Å². The number of aliphatic carboxylic acids is 1. The summed E-state index contributed by atoms with van der Waals surface area (Å²) in [7, 11) is 2.05. The van der Waals surface area contributed by atoms with Gasteiger partial charge in [-0.1, -0.05) is 199 Å². The van der Waals surface area contributed by atoms with Gasteiger partial charge in [0.15, 0.2) is 17.4 Å². The Hall–Kier alpha value is -4.58. The van der Waals surface area contributed by atoms with Crippen molar-refractivity contribution in [3.05, 3.63) is 123 Å². The van der Waals surface area contributed by atoms with Crippen molar-refractivity contribution in [3.8, 4) is 0 Å². The monoisotopic (exact) mass is 1710 g/mol. The molecule has 3 saturated heterocycles. The van der Waals surface area contributed by atoms with Crippen LogP contribution < -0.4 is 11.1 Å². The number of allylic oxidation sites excluding steroid dienone is 3. The molecule has 6 rings (SSSR count). The molecule has 1 amide bonds. The van der Waals surface area contributed by atoms with Crippen LogP contribution in [0.2, 0.25) is 51.4 Å². The third kappa shape index (κ3) is 40.4. The number of pyridine rings is 1. The predicted molar refractivity (Wildman–Crippen MR) is 488 cm³/mol. The minimum absolute atomic E-state index is 0.0345.